The molecule has 0 saturated heterocycles. The van der Waals surface area contributed by atoms with E-state index in [1.807, 2.05) is 27.7 Å². The van der Waals surface area contributed by atoms with Gasteiger partial charge in [-0.25, -0.2) is 0 Å². The molecule has 0 heterocycles. The van der Waals surface area contributed by atoms with Crippen LogP contribution >= 0.6 is 0 Å². The van der Waals surface area contributed by atoms with Crippen LogP contribution in [0, 0.1) is 0 Å². The van der Waals surface area contributed by atoms with Crippen molar-refractivity contribution in [1.82, 2.24) is 0 Å². The minimum atomic E-state index is -1.03. The molecular weight excluding hydrogens is 571 g/mol. The molecule has 0 spiro atoms. The summed E-state index contributed by atoms with van der Waals surface area (Å²) in [5, 5.41) is 32.4. The smallest absolute Gasteiger partial charge is 0.310 e. The molecule has 0 aliphatic heterocycles. The fourth-order valence-corrected chi connectivity index (χ4v) is 2.14. The zero-order chi connectivity index (χ0) is 29.1. The zero-order valence-corrected chi connectivity index (χ0v) is 24.5. The molecule has 0 radical (unpaired) electrons. The monoisotopic (exact) mass is 610 g/mol. The van der Waals surface area contributed by atoms with Gasteiger partial charge in [-0.2, -0.15) is 0 Å². The van der Waals surface area contributed by atoms with Crippen molar-refractivity contribution in [2.75, 3.05) is 0 Å². The van der Waals surface area contributed by atoms with Gasteiger partial charge in [-0.1, -0.05) is 27.7 Å². The van der Waals surface area contributed by atoms with E-state index in [9.17, 15) is 38.4 Å². The van der Waals surface area contributed by atoms with E-state index in [1.54, 1.807) is 0 Å². The SMILES string of the molecule is CCCC(=O)CC(=O)O.CCCC(=O)CC(=O)O.CCCC(=O)CC(=O)O.CCCC(=O)CC(=O)O.[Zr]. The number of hydrogen-bond donors (Lipinski definition) is 4. The Labute approximate surface area is 236 Å². The van der Waals surface area contributed by atoms with Gasteiger partial charge in [-0.15, -0.1) is 0 Å². The number of carboxylic acid groups (broad SMARTS) is 4. The molecule has 212 valence electrons. The van der Waals surface area contributed by atoms with E-state index in [0.29, 0.717) is 25.7 Å². The van der Waals surface area contributed by atoms with Gasteiger partial charge in [0.2, 0.25) is 0 Å². The number of rotatable bonds is 16. The molecule has 0 aromatic carbocycles. The molecule has 0 saturated carbocycles. The summed E-state index contributed by atoms with van der Waals surface area (Å²) in [4.78, 5) is 81.3. The minimum Gasteiger partial charge on any atom is -0.481 e. The number of Topliss-reactive ketones (excluding diaryl/α,β-unsaturated/α-hetero) is 4. The molecule has 13 heteroatoms. The molecular formula is C24H40O12Zr. The summed E-state index contributed by atoms with van der Waals surface area (Å²) in [5.74, 6) is -4.89. The summed E-state index contributed by atoms with van der Waals surface area (Å²) in [5.41, 5.74) is 0. The number of carbonyl (C=O) groups is 8. The molecule has 0 aliphatic rings. The Balaban J connectivity index is -0.000000122. The summed E-state index contributed by atoms with van der Waals surface area (Å²) in [6.07, 6.45) is 3.14. The molecule has 4 N–H and O–H groups in total. The third-order valence-corrected chi connectivity index (χ3v) is 3.51. The van der Waals surface area contributed by atoms with Gasteiger partial charge in [0.1, 0.15) is 48.8 Å². The van der Waals surface area contributed by atoms with Gasteiger partial charge in [-0.05, 0) is 25.7 Å². The Hall–Kier alpha value is -2.56. The van der Waals surface area contributed by atoms with Crippen molar-refractivity contribution in [3.05, 3.63) is 0 Å². The predicted molar refractivity (Wildman–Crippen MR) is 129 cm³/mol. The van der Waals surface area contributed by atoms with Crippen LogP contribution in [-0.2, 0) is 64.6 Å². The second-order valence-corrected chi connectivity index (χ2v) is 7.44. The largest absolute Gasteiger partial charge is 0.481 e. The van der Waals surface area contributed by atoms with Crippen molar-refractivity contribution in [2.24, 2.45) is 0 Å². The standard InChI is InChI=1S/4C6H10O3.Zr/c4*1-2-3-5(7)4-6(8)9;/h4*2-4H2,1H3,(H,8,9);. The number of aliphatic carboxylic acids is 4. The second-order valence-electron chi connectivity index (χ2n) is 7.44. The van der Waals surface area contributed by atoms with Gasteiger partial charge >= 0.3 is 23.9 Å². The average Bonchev–Trinajstić information content (AvgIpc) is 2.68. The molecule has 0 fully saturated rings. The van der Waals surface area contributed by atoms with Gasteiger partial charge < -0.3 is 20.4 Å². The van der Waals surface area contributed by atoms with Crippen molar-refractivity contribution < 1.29 is 85.0 Å². The summed E-state index contributed by atoms with van der Waals surface area (Å²) < 4.78 is 0. The first kappa shape index (κ1) is 44.4. The first-order chi connectivity index (χ1) is 16.7. The molecule has 0 unspecified atom stereocenters. The van der Waals surface area contributed by atoms with E-state index in [4.69, 9.17) is 20.4 Å². The Bertz CT molecular complexity index is 597. The average molecular weight is 612 g/mol. The quantitative estimate of drug-likeness (QED) is 0.185. The first-order valence-electron chi connectivity index (χ1n) is 11.6. The van der Waals surface area contributed by atoms with Crippen LogP contribution in [0.4, 0.5) is 0 Å². The van der Waals surface area contributed by atoms with Crippen molar-refractivity contribution in [1.29, 1.82) is 0 Å². The Morgan fingerprint density at radius 1 is 0.378 bits per heavy atom. The van der Waals surface area contributed by atoms with Crippen LogP contribution in [0.2, 0.25) is 0 Å². The molecule has 12 nitrogen and oxygen atoms in total. The summed E-state index contributed by atoms with van der Waals surface area (Å²) in [7, 11) is 0. The zero-order valence-electron chi connectivity index (χ0n) is 22.0. The van der Waals surface area contributed by atoms with Crippen LogP contribution < -0.4 is 0 Å². The van der Waals surface area contributed by atoms with Gasteiger partial charge in [-0.3, -0.25) is 38.4 Å². The van der Waals surface area contributed by atoms with E-state index >= 15 is 0 Å². The number of carboxylic acids is 4. The number of ketones is 4. The summed E-state index contributed by atoms with van der Waals surface area (Å²) in [6, 6.07) is 0. The second kappa shape index (κ2) is 31.5. The molecule has 0 atom stereocenters. The molecule has 0 amide bonds. The normalized spacial score (nSPS) is 8.76. The Morgan fingerprint density at radius 2 is 0.514 bits per heavy atom. The summed E-state index contributed by atoms with van der Waals surface area (Å²) in [6.45, 7) is 7.39. The van der Waals surface area contributed by atoms with Gasteiger partial charge in [0, 0.05) is 51.9 Å². The third kappa shape index (κ3) is 51.1. The Morgan fingerprint density at radius 3 is 0.595 bits per heavy atom. The molecule has 0 bridgehead atoms. The number of hydrogen-bond acceptors (Lipinski definition) is 8. The van der Waals surface area contributed by atoms with Gasteiger partial charge in [0.15, 0.2) is 0 Å². The molecule has 0 aliphatic carbocycles. The fourth-order valence-electron chi connectivity index (χ4n) is 2.14. The van der Waals surface area contributed by atoms with Crippen LogP contribution in [0.3, 0.4) is 0 Å². The van der Waals surface area contributed by atoms with E-state index in [1.165, 1.54) is 0 Å². The van der Waals surface area contributed by atoms with Crippen molar-refractivity contribution in [3.8, 4) is 0 Å². The van der Waals surface area contributed by atoms with E-state index in [2.05, 4.69) is 0 Å². The maximum Gasteiger partial charge on any atom is 0.310 e. The molecule has 37 heavy (non-hydrogen) atoms. The third-order valence-electron chi connectivity index (χ3n) is 3.51. The fraction of sp³-hybridized carbons (Fsp3) is 0.667. The van der Waals surface area contributed by atoms with E-state index in [0.717, 1.165) is 25.7 Å². The van der Waals surface area contributed by atoms with Crippen LogP contribution in [0.25, 0.3) is 0 Å². The first-order valence-corrected chi connectivity index (χ1v) is 11.6. The van der Waals surface area contributed by atoms with E-state index in [-0.39, 0.29) is 75.0 Å². The van der Waals surface area contributed by atoms with E-state index < -0.39 is 23.9 Å². The Kier molecular flexibility index (Phi) is 37.8. The van der Waals surface area contributed by atoms with Crippen molar-refractivity contribution in [3.63, 3.8) is 0 Å². The van der Waals surface area contributed by atoms with Crippen LogP contribution in [0.15, 0.2) is 0 Å². The van der Waals surface area contributed by atoms with Crippen molar-refractivity contribution >= 4 is 47.0 Å². The van der Waals surface area contributed by atoms with Crippen molar-refractivity contribution in [2.45, 2.75) is 105 Å². The van der Waals surface area contributed by atoms with Gasteiger partial charge in [0.05, 0.1) is 0 Å². The van der Waals surface area contributed by atoms with Crippen LogP contribution in [0.5, 0.6) is 0 Å². The molecule has 0 rings (SSSR count). The topological polar surface area (TPSA) is 217 Å². The van der Waals surface area contributed by atoms with Crippen LogP contribution in [0.1, 0.15) is 105 Å². The molecule has 0 aromatic rings. The minimum absolute atomic E-state index is 0. The predicted octanol–water partition coefficient (Wildman–Crippen LogP) is 3.32. The maximum atomic E-state index is 10.5. The molecule has 0 aromatic heterocycles. The maximum absolute atomic E-state index is 10.5. The summed E-state index contributed by atoms with van der Waals surface area (Å²) >= 11 is 0. The van der Waals surface area contributed by atoms with Crippen LogP contribution in [-0.4, -0.2) is 67.4 Å². The number of carbonyl (C=O) groups excluding carboxylic acids is 4. The van der Waals surface area contributed by atoms with Gasteiger partial charge in [0.25, 0.3) is 0 Å².